The topological polar surface area (TPSA) is 55.1 Å². The fraction of sp³-hybridized carbons (Fsp3) is 0.500. The van der Waals surface area contributed by atoms with Crippen LogP contribution in [-0.4, -0.2) is 18.5 Å². The lowest BCUT2D eigenvalue weighted by Crippen LogP contribution is -2.34. The molecule has 1 aliphatic rings. The standard InChI is InChI=1S/C14H18F2N2O/c15-12-6-3-10(7-13(12)16)14(19)18-8-9-1-4-11(17)5-2-9/h3,6-7,9,11H,1-2,4-5,8,17H2,(H,18,19)/t9-,11+. The molecule has 0 bridgehead atoms. The van der Waals surface area contributed by atoms with Gasteiger partial charge in [-0.15, -0.1) is 0 Å². The van der Waals surface area contributed by atoms with E-state index in [9.17, 15) is 13.6 Å². The Hall–Kier alpha value is -1.49. The molecule has 0 spiro atoms. The third-order valence-corrected chi connectivity index (χ3v) is 3.62. The Morgan fingerprint density at radius 1 is 1.21 bits per heavy atom. The van der Waals surface area contributed by atoms with Crippen molar-refractivity contribution < 1.29 is 13.6 Å². The summed E-state index contributed by atoms with van der Waals surface area (Å²) in [6.07, 6.45) is 3.95. The third-order valence-electron chi connectivity index (χ3n) is 3.62. The van der Waals surface area contributed by atoms with E-state index in [2.05, 4.69) is 5.32 Å². The smallest absolute Gasteiger partial charge is 0.251 e. The molecule has 1 aromatic rings. The molecule has 3 nitrogen and oxygen atoms in total. The predicted molar refractivity (Wildman–Crippen MR) is 68.6 cm³/mol. The van der Waals surface area contributed by atoms with Gasteiger partial charge in [0.05, 0.1) is 0 Å². The van der Waals surface area contributed by atoms with Crippen LogP contribution >= 0.6 is 0 Å². The molecule has 1 saturated carbocycles. The Morgan fingerprint density at radius 2 is 1.89 bits per heavy atom. The molecule has 0 saturated heterocycles. The molecule has 0 aliphatic heterocycles. The lowest BCUT2D eigenvalue weighted by atomic mass is 9.86. The van der Waals surface area contributed by atoms with Crippen LogP contribution < -0.4 is 11.1 Å². The van der Waals surface area contributed by atoms with Gasteiger partial charge in [-0.2, -0.15) is 0 Å². The van der Waals surface area contributed by atoms with Crippen molar-refractivity contribution in [2.75, 3.05) is 6.54 Å². The molecule has 1 aromatic carbocycles. The van der Waals surface area contributed by atoms with Gasteiger partial charge in [0.15, 0.2) is 11.6 Å². The molecule has 104 valence electrons. The summed E-state index contributed by atoms with van der Waals surface area (Å²) in [4.78, 5) is 11.8. The molecule has 0 radical (unpaired) electrons. The second kappa shape index (κ2) is 6.10. The van der Waals surface area contributed by atoms with E-state index in [1.54, 1.807) is 0 Å². The quantitative estimate of drug-likeness (QED) is 0.883. The molecule has 5 heteroatoms. The molecule has 1 amide bonds. The van der Waals surface area contributed by atoms with E-state index < -0.39 is 11.6 Å². The highest BCUT2D eigenvalue weighted by Crippen LogP contribution is 2.22. The molecule has 1 fully saturated rings. The van der Waals surface area contributed by atoms with Crippen LogP contribution in [0.25, 0.3) is 0 Å². The first kappa shape index (κ1) is 13.9. The summed E-state index contributed by atoms with van der Waals surface area (Å²) in [5.41, 5.74) is 5.96. The van der Waals surface area contributed by atoms with E-state index in [4.69, 9.17) is 5.73 Å². The lowest BCUT2D eigenvalue weighted by molar-refractivity contribution is 0.0942. The van der Waals surface area contributed by atoms with Gasteiger partial charge in [0.2, 0.25) is 0 Å². The van der Waals surface area contributed by atoms with Crippen molar-refractivity contribution in [2.24, 2.45) is 11.7 Å². The van der Waals surface area contributed by atoms with Crippen LogP contribution in [0.15, 0.2) is 18.2 Å². The van der Waals surface area contributed by atoms with Gasteiger partial charge < -0.3 is 11.1 Å². The first-order chi connectivity index (χ1) is 9.06. The Balaban J connectivity index is 1.85. The Bertz CT molecular complexity index is 457. The minimum atomic E-state index is -1.00. The zero-order chi connectivity index (χ0) is 13.8. The molecule has 0 unspecified atom stereocenters. The van der Waals surface area contributed by atoms with Crippen LogP contribution in [0.5, 0.6) is 0 Å². The summed E-state index contributed by atoms with van der Waals surface area (Å²) in [6.45, 7) is 0.560. The highest BCUT2D eigenvalue weighted by molar-refractivity contribution is 5.94. The summed E-state index contributed by atoms with van der Waals surface area (Å²) in [6, 6.07) is 3.44. The van der Waals surface area contributed by atoms with E-state index >= 15 is 0 Å². The summed E-state index contributed by atoms with van der Waals surface area (Å²) >= 11 is 0. The van der Waals surface area contributed by atoms with Crippen LogP contribution in [0, 0.1) is 17.6 Å². The maximum Gasteiger partial charge on any atom is 0.251 e. The van der Waals surface area contributed by atoms with Crippen molar-refractivity contribution in [1.29, 1.82) is 0 Å². The predicted octanol–water partition coefficient (Wildman–Crippen LogP) is 2.21. The summed E-state index contributed by atoms with van der Waals surface area (Å²) < 4.78 is 25.8. The van der Waals surface area contributed by atoms with Gasteiger partial charge in [-0.05, 0) is 49.8 Å². The average Bonchev–Trinajstić information content (AvgIpc) is 2.41. The van der Waals surface area contributed by atoms with Crippen molar-refractivity contribution in [3.8, 4) is 0 Å². The first-order valence-corrected chi connectivity index (χ1v) is 6.55. The molecule has 19 heavy (non-hydrogen) atoms. The summed E-state index contributed by atoms with van der Waals surface area (Å²) in [5.74, 6) is -1.89. The molecule has 0 atom stereocenters. The van der Waals surface area contributed by atoms with Gasteiger partial charge >= 0.3 is 0 Å². The molecule has 0 heterocycles. The van der Waals surface area contributed by atoms with Crippen LogP contribution in [0.3, 0.4) is 0 Å². The van der Waals surface area contributed by atoms with Crippen molar-refractivity contribution >= 4 is 5.91 Å². The molecular weight excluding hydrogens is 250 g/mol. The maximum atomic E-state index is 13.0. The Morgan fingerprint density at radius 3 is 2.53 bits per heavy atom. The van der Waals surface area contributed by atoms with Gasteiger partial charge in [0.1, 0.15) is 0 Å². The normalized spacial score (nSPS) is 23.1. The van der Waals surface area contributed by atoms with Crippen LogP contribution in [0.1, 0.15) is 36.0 Å². The number of rotatable bonds is 3. The van der Waals surface area contributed by atoms with Gasteiger partial charge in [0.25, 0.3) is 5.91 Å². The maximum absolute atomic E-state index is 13.0. The highest BCUT2D eigenvalue weighted by Gasteiger charge is 2.19. The number of carbonyl (C=O) groups excluding carboxylic acids is 1. The van der Waals surface area contributed by atoms with Crippen molar-refractivity contribution in [2.45, 2.75) is 31.7 Å². The SMILES string of the molecule is N[C@H]1CC[C@@H](CNC(=O)c2ccc(F)c(F)c2)CC1. The van der Waals surface area contributed by atoms with E-state index in [-0.39, 0.29) is 17.5 Å². The van der Waals surface area contributed by atoms with Gasteiger partial charge in [0, 0.05) is 18.2 Å². The van der Waals surface area contributed by atoms with Gasteiger partial charge in [-0.3, -0.25) is 4.79 Å². The Labute approximate surface area is 111 Å². The number of nitrogens with one attached hydrogen (secondary N) is 1. The number of benzene rings is 1. The molecular formula is C14H18F2N2O. The number of nitrogens with two attached hydrogens (primary N) is 1. The number of carbonyl (C=O) groups is 1. The monoisotopic (exact) mass is 268 g/mol. The summed E-state index contributed by atoms with van der Waals surface area (Å²) in [7, 11) is 0. The Kier molecular flexibility index (Phi) is 4.47. The van der Waals surface area contributed by atoms with E-state index in [0.717, 1.165) is 37.8 Å². The molecule has 1 aliphatic carbocycles. The summed E-state index contributed by atoms with van der Waals surface area (Å²) in [5, 5.41) is 2.76. The van der Waals surface area contributed by atoms with E-state index in [0.29, 0.717) is 12.5 Å². The molecule has 3 N–H and O–H groups in total. The zero-order valence-electron chi connectivity index (χ0n) is 10.7. The fourth-order valence-corrected chi connectivity index (χ4v) is 2.37. The largest absolute Gasteiger partial charge is 0.352 e. The zero-order valence-corrected chi connectivity index (χ0v) is 10.7. The number of hydrogen-bond acceptors (Lipinski definition) is 2. The highest BCUT2D eigenvalue weighted by atomic mass is 19.2. The first-order valence-electron chi connectivity index (χ1n) is 6.55. The second-order valence-corrected chi connectivity index (χ2v) is 5.12. The minimum Gasteiger partial charge on any atom is -0.352 e. The fourth-order valence-electron chi connectivity index (χ4n) is 2.37. The van der Waals surface area contributed by atoms with Crippen molar-refractivity contribution in [3.63, 3.8) is 0 Å². The van der Waals surface area contributed by atoms with E-state index in [1.807, 2.05) is 0 Å². The molecule has 2 rings (SSSR count). The third kappa shape index (κ3) is 3.73. The van der Waals surface area contributed by atoms with Gasteiger partial charge in [-0.25, -0.2) is 8.78 Å². The van der Waals surface area contributed by atoms with E-state index in [1.165, 1.54) is 6.07 Å². The number of halogens is 2. The minimum absolute atomic E-state index is 0.145. The number of amides is 1. The van der Waals surface area contributed by atoms with Crippen LogP contribution in [0.2, 0.25) is 0 Å². The average molecular weight is 268 g/mol. The lowest BCUT2D eigenvalue weighted by Gasteiger charge is -2.26. The second-order valence-electron chi connectivity index (χ2n) is 5.12. The van der Waals surface area contributed by atoms with Crippen molar-refractivity contribution in [1.82, 2.24) is 5.32 Å². The van der Waals surface area contributed by atoms with Gasteiger partial charge in [-0.1, -0.05) is 0 Å². The van der Waals surface area contributed by atoms with Crippen LogP contribution in [-0.2, 0) is 0 Å². The van der Waals surface area contributed by atoms with Crippen LogP contribution in [0.4, 0.5) is 8.78 Å². The molecule has 0 aromatic heterocycles. The number of hydrogen-bond donors (Lipinski definition) is 2. The van der Waals surface area contributed by atoms with Crippen molar-refractivity contribution in [3.05, 3.63) is 35.4 Å².